The Balaban J connectivity index is 0.00000200. The molecule has 3 N–H and O–H groups in total. The van der Waals surface area contributed by atoms with Crippen LogP contribution < -0.4 is 11.1 Å². The van der Waals surface area contributed by atoms with Crippen LogP contribution in [-0.4, -0.2) is 28.2 Å². The average Bonchev–Trinajstić information content (AvgIpc) is 2.75. The van der Waals surface area contributed by atoms with E-state index in [0.717, 1.165) is 23.9 Å². The molecule has 2 unspecified atom stereocenters. The fraction of sp³-hybridized carbons (Fsp3) is 0.667. The molecule has 1 aliphatic rings. The molecule has 0 radical (unpaired) electrons. The van der Waals surface area contributed by atoms with Crippen LogP contribution >= 0.6 is 12.4 Å². The summed E-state index contributed by atoms with van der Waals surface area (Å²) in [6.45, 7) is -0.468. The Kier molecular flexibility index (Phi) is 6.35. The third-order valence-electron chi connectivity index (χ3n) is 3.31. The molecule has 1 aromatic heterocycles. The molecule has 0 bridgehead atoms. The third kappa shape index (κ3) is 4.72. The lowest BCUT2D eigenvalue weighted by Crippen LogP contribution is -2.34. The summed E-state index contributed by atoms with van der Waals surface area (Å²) in [6, 6.07) is 0.0751. The van der Waals surface area contributed by atoms with E-state index in [1.54, 1.807) is 0 Å². The van der Waals surface area contributed by atoms with Crippen molar-refractivity contribution >= 4 is 24.0 Å². The predicted octanol–water partition coefficient (Wildman–Crippen LogP) is 2.03. The quantitative estimate of drug-likeness (QED) is 0.894. The number of carbonyl (C=O) groups is 1. The number of amides is 1. The normalized spacial score (nSPS) is 22.4. The largest absolute Gasteiger partial charge is 0.328 e. The second-order valence-electron chi connectivity index (χ2n) is 4.95. The highest BCUT2D eigenvalue weighted by Gasteiger charge is 2.25. The summed E-state index contributed by atoms with van der Waals surface area (Å²) < 4.78 is 25.4. The zero-order chi connectivity index (χ0) is 13.8. The summed E-state index contributed by atoms with van der Waals surface area (Å²) in [7, 11) is 0. The molecule has 0 spiro atoms. The van der Waals surface area contributed by atoms with E-state index in [2.05, 4.69) is 10.4 Å². The number of aromatic nitrogens is 2. The highest BCUT2D eigenvalue weighted by atomic mass is 35.5. The molecule has 2 atom stereocenters. The Morgan fingerprint density at radius 1 is 1.55 bits per heavy atom. The van der Waals surface area contributed by atoms with Crippen molar-refractivity contribution in [2.75, 3.05) is 5.32 Å². The molecule has 20 heavy (non-hydrogen) atoms. The Labute approximate surface area is 122 Å². The highest BCUT2D eigenvalue weighted by molar-refractivity contribution is 5.92. The highest BCUT2D eigenvalue weighted by Crippen LogP contribution is 2.24. The summed E-state index contributed by atoms with van der Waals surface area (Å²) in [6.07, 6.45) is 3.73. The van der Waals surface area contributed by atoms with Gasteiger partial charge in [0.25, 0.3) is 6.43 Å². The molecule has 0 saturated heterocycles. The molecular formula is C12H19ClF2N4O. The second kappa shape index (κ2) is 7.54. The van der Waals surface area contributed by atoms with Crippen molar-refractivity contribution in [2.45, 2.75) is 44.7 Å². The number of hydrogen-bond donors (Lipinski definition) is 2. The Hall–Kier alpha value is -1.21. The van der Waals surface area contributed by atoms with Gasteiger partial charge in [-0.25, -0.2) is 8.78 Å². The maximum atomic E-state index is 12.2. The smallest absolute Gasteiger partial charge is 0.257 e. The zero-order valence-corrected chi connectivity index (χ0v) is 11.8. The Morgan fingerprint density at radius 2 is 2.30 bits per heavy atom. The number of hydrogen-bond acceptors (Lipinski definition) is 3. The molecule has 1 heterocycles. The van der Waals surface area contributed by atoms with Crippen LogP contribution in [-0.2, 0) is 11.3 Å². The molecule has 5 nitrogen and oxygen atoms in total. The summed E-state index contributed by atoms with van der Waals surface area (Å²) in [5, 5.41) is 6.47. The van der Waals surface area contributed by atoms with Gasteiger partial charge in [0.15, 0.2) is 0 Å². The van der Waals surface area contributed by atoms with Gasteiger partial charge in [-0.05, 0) is 19.3 Å². The number of anilines is 1. The molecule has 0 aliphatic heterocycles. The van der Waals surface area contributed by atoms with E-state index in [0.29, 0.717) is 12.1 Å². The van der Waals surface area contributed by atoms with Gasteiger partial charge in [0.2, 0.25) is 5.91 Å². The van der Waals surface area contributed by atoms with Gasteiger partial charge in [0.05, 0.1) is 11.9 Å². The molecule has 1 fully saturated rings. The van der Waals surface area contributed by atoms with Crippen LogP contribution in [0.15, 0.2) is 12.4 Å². The van der Waals surface area contributed by atoms with Crippen molar-refractivity contribution in [3.63, 3.8) is 0 Å². The lowest BCUT2D eigenvalue weighted by Gasteiger charge is -2.25. The van der Waals surface area contributed by atoms with Gasteiger partial charge in [-0.1, -0.05) is 6.42 Å². The van der Waals surface area contributed by atoms with E-state index in [1.807, 2.05) is 0 Å². The first-order valence-corrected chi connectivity index (χ1v) is 6.41. The van der Waals surface area contributed by atoms with Gasteiger partial charge in [-0.15, -0.1) is 12.4 Å². The zero-order valence-electron chi connectivity index (χ0n) is 11.0. The predicted molar refractivity (Wildman–Crippen MR) is 74.0 cm³/mol. The van der Waals surface area contributed by atoms with Crippen molar-refractivity contribution in [2.24, 2.45) is 11.7 Å². The molecule has 1 aliphatic carbocycles. The van der Waals surface area contributed by atoms with Crippen molar-refractivity contribution in [1.29, 1.82) is 0 Å². The van der Waals surface area contributed by atoms with Crippen molar-refractivity contribution in [3.8, 4) is 0 Å². The monoisotopic (exact) mass is 308 g/mol. The van der Waals surface area contributed by atoms with Crippen molar-refractivity contribution in [3.05, 3.63) is 12.4 Å². The fourth-order valence-corrected chi connectivity index (χ4v) is 2.38. The van der Waals surface area contributed by atoms with Gasteiger partial charge >= 0.3 is 0 Å². The third-order valence-corrected chi connectivity index (χ3v) is 3.31. The number of halogens is 3. The van der Waals surface area contributed by atoms with E-state index < -0.39 is 13.0 Å². The van der Waals surface area contributed by atoms with Crippen LogP contribution in [0.3, 0.4) is 0 Å². The Morgan fingerprint density at radius 3 is 2.95 bits per heavy atom. The first kappa shape index (κ1) is 16.8. The topological polar surface area (TPSA) is 72.9 Å². The average molecular weight is 309 g/mol. The SMILES string of the molecule is Cl.NC1CCCC(C(=O)Nc2cnn(CC(F)F)c2)C1. The number of nitrogens with two attached hydrogens (primary N) is 1. The molecule has 2 rings (SSSR count). The van der Waals surface area contributed by atoms with Gasteiger partial charge < -0.3 is 11.1 Å². The summed E-state index contributed by atoms with van der Waals surface area (Å²) >= 11 is 0. The minimum Gasteiger partial charge on any atom is -0.328 e. The van der Waals surface area contributed by atoms with E-state index >= 15 is 0 Å². The number of rotatable bonds is 4. The van der Waals surface area contributed by atoms with E-state index in [-0.39, 0.29) is 30.3 Å². The fourth-order valence-electron chi connectivity index (χ4n) is 2.38. The van der Waals surface area contributed by atoms with Crippen molar-refractivity contribution in [1.82, 2.24) is 9.78 Å². The molecule has 8 heteroatoms. The van der Waals surface area contributed by atoms with Gasteiger partial charge in [-0.3, -0.25) is 9.48 Å². The van der Waals surface area contributed by atoms with Crippen LogP contribution in [0.25, 0.3) is 0 Å². The summed E-state index contributed by atoms with van der Waals surface area (Å²) in [5.41, 5.74) is 6.28. The van der Waals surface area contributed by atoms with Crippen LogP contribution in [0, 0.1) is 5.92 Å². The molecule has 0 aromatic carbocycles. The van der Waals surface area contributed by atoms with E-state index in [4.69, 9.17) is 5.73 Å². The molecule has 1 aromatic rings. The van der Waals surface area contributed by atoms with Gasteiger partial charge in [0.1, 0.15) is 6.54 Å². The summed E-state index contributed by atoms with van der Waals surface area (Å²) in [4.78, 5) is 12.0. The first-order valence-electron chi connectivity index (χ1n) is 6.41. The van der Waals surface area contributed by atoms with E-state index in [1.165, 1.54) is 12.4 Å². The maximum Gasteiger partial charge on any atom is 0.257 e. The van der Waals surface area contributed by atoms with Crippen LogP contribution in [0.4, 0.5) is 14.5 Å². The molecule has 1 amide bonds. The first-order chi connectivity index (χ1) is 9.04. The van der Waals surface area contributed by atoms with Crippen LogP contribution in [0.2, 0.25) is 0 Å². The molecule has 114 valence electrons. The Bertz CT molecular complexity index is 441. The number of nitrogens with one attached hydrogen (secondary N) is 1. The summed E-state index contributed by atoms with van der Waals surface area (Å²) in [5.74, 6) is -0.200. The van der Waals surface area contributed by atoms with Gasteiger partial charge in [0, 0.05) is 18.2 Å². The number of nitrogens with zero attached hydrogens (tertiary/aromatic N) is 2. The van der Waals surface area contributed by atoms with Crippen LogP contribution in [0.1, 0.15) is 25.7 Å². The second-order valence-corrected chi connectivity index (χ2v) is 4.95. The lowest BCUT2D eigenvalue weighted by atomic mass is 9.85. The minimum absolute atomic E-state index is 0. The van der Waals surface area contributed by atoms with Crippen molar-refractivity contribution < 1.29 is 13.6 Å². The van der Waals surface area contributed by atoms with Crippen LogP contribution in [0.5, 0.6) is 0 Å². The lowest BCUT2D eigenvalue weighted by molar-refractivity contribution is -0.120. The van der Waals surface area contributed by atoms with E-state index in [9.17, 15) is 13.6 Å². The number of alkyl halides is 2. The standard InChI is InChI=1S/C12H18F2N4O.ClH/c13-11(14)7-18-6-10(5-16-18)17-12(19)8-2-1-3-9(15)4-8;/h5-6,8-9,11H,1-4,7,15H2,(H,17,19);1H. The van der Waals surface area contributed by atoms with Gasteiger partial charge in [-0.2, -0.15) is 5.10 Å². The molecular weight excluding hydrogens is 290 g/mol. The minimum atomic E-state index is -2.46. The molecule has 1 saturated carbocycles. The number of carbonyl (C=O) groups excluding carboxylic acids is 1. The maximum absolute atomic E-state index is 12.2.